The molecular weight excluding hydrogens is 212 g/mol. The summed E-state index contributed by atoms with van der Waals surface area (Å²) < 4.78 is 9.41. The second-order valence-electron chi connectivity index (χ2n) is 3.22. The summed E-state index contributed by atoms with van der Waals surface area (Å²) in [5.74, 6) is -1.58. The monoisotopic (exact) mass is 230 g/mol. The Balaban J connectivity index is 4.95. The van der Waals surface area contributed by atoms with Gasteiger partial charge in [0, 0.05) is 0 Å². The first kappa shape index (κ1) is 14.6. The minimum atomic E-state index is -1.98. The van der Waals surface area contributed by atoms with Crippen LogP contribution in [0.5, 0.6) is 0 Å². The van der Waals surface area contributed by atoms with Gasteiger partial charge >= 0.3 is 11.9 Å². The van der Waals surface area contributed by atoms with Crippen LogP contribution in [-0.2, 0) is 19.1 Å². The molecule has 0 bridgehead atoms. The van der Waals surface area contributed by atoms with Crippen molar-refractivity contribution >= 4 is 11.9 Å². The number of ether oxygens (including phenoxy) is 2. The van der Waals surface area contributed by atoms with Gasteiger partial charge in [-0.1, -0.05) is 6.08 Å². The van der Waals surface area contributed by atoms with Gasteiger partial charge in [-0.2, -0.15) is 0 Å². The number of allylic oxidation sites excluding steroid dienone is 1. The Morgan fingerprint density at radius 2 is 1.75 bits per heavy atom. The molecule has 0 heterocycles. The van der Waals surface area contributed by atoms with Crippen LogP contribution in [0.3, 0.4) is 0 Å². The zero-order valence-corrected chi connectivity index (χ0v) is 10.1. The van der Waals surface area contributed by atoms with Gasteiger partial charge in [-0.25, -0.2) is 9.59 Å². The molecule has 0 fully saturated rings. The smallest absolute Gasteiger partial charge is 0.342 e. The zero-order valence-electron chi connectivity index (χ0n) is 10.1. The fraction of sp³-hybridized carbons (Fsp3) is 0.636. The van der Waals surface area contributed by atoms with Crippen molar-refractivity contribution in [2.75, 3.05) is 13.2 Å². The van der Waals surface area contributed by atoms with E-state index in [1.165, 1.54) is 13.0 Å². The molecule has 16 heavy (non-hydrogen) atoms. The quantitative estimate of drug-likeness (QED) is 0.559. The fourth-order valence-corrected chi connectivity index (χ4v) is 1.19. The van der Waals surface area contributed by atoms with E-state index in [0.29, 0.717) is 0 Å². The third-order valence-electron chi connectivity index (χ3n) is 1.98. The lowest BCUT2D eigenvalue weighted by molar-refractivity contribution is -0.162. The highest BCUT2D eigenvalue weighted by atomic mass is 16.6. The van der Waals surface area contributed by atoms with Gasteiger partial charge < -0.3 is 14.6 Å². The van der Waals surface area contributed by atoms with Crippen LogP contribution in [0.2, 0.25) is 0 Å². The van der Waals surface area contributed by atoms with E-state index in [-0.39, 0.29) is 18.8 Å². The third kappa shape index (κ3) is 3.34. The highest BCUT2D eigenvalue weighted by Gasteiger charge is 2.40. The van der Waals surface area contributed by atoms with Crippen molar-refractivity contribution in [1.29, 1.82) is 0 Å². The fourth-order valence-electron chi connectivity index (χ4n) is 1.19. The molecule has 0 aromatic carbocycles. The lowest BCUT2D eigenvalue weighted by Crippen LogP contribution is -2.42. The lowest BCUT2D eigenvalue weighted by Gasteiger charge is -2.22. The van der Waals surface area contributed by atoms with Crippen molar-refractivity contribution in [3.8, 4) is 0 Å². The van der Waals surface area contributed by atoms with Crippen LogP contribution in [0.15, 0.2) is 11.6 Å². The first-order valence-electron chi connectivity index (χ1n) is 5.15. The summed E-state index contributed by atoms with van der Waals surface area (Å²) in [6.07, 6.45) is 1.34. The summed E-state index contributed by atoms with van der Waals surface area (Å²) in [6.45, 7) is 6.32. The Kier molecular flexibility index (Phi) is 5.74. The van der Waals surface area contributed by atoms with E-state index in [1.54, 1.807) is 20.8 Å². The topological polar surface area (TPSA) is 72.8 Å². The molecule has 1 N–H and O–H groups in total. The maximum Gasteiger partial charge on any atom is 0.342 e. The summed E-state index contributed by atoms with van der Waals surface area (Å²) >= 11 is 0. The summed E-state index contributed by atoms with van der Waals surface area (Å²) in [5, 5.41) is 9.93. The van der Waals surface area contributed by atoms with Crippen LogP contribution < -0.4 is 0 Å². The Hall–Kier alpha value is -1.36. The highest BCUT2D eigenvalue weighted by molar-refractivity contribution is 5.99. The number of carbonyl (C=O) groups is 2. The second-order valence-corrected chi connectivity index (χ2v) is 3.22. The summed E-state index contributed by atoms with van der Waals surface area (Å²) in [5.41, 5.74) is -2.09. The van der Waals surface area contributed by atoms with Crippen molar-refractivity contribution in [2.24, 2.45) is 0 Å². The first-order valence-corrected chi connectivity index (χ1v) is 5.15. The molecule has 0 aromatic heterocycles. The van der Waals surface area contributed by atoms with Crippen molar-refractivity contribution in [3.05, 3.63) is 11.6 Å². The van der Waals surface area contributed by atoms with E-state index in [0.717, 1.165) is 0 Å². The summed E-state index contributed by atoms with van der Waals surface area (Å²) in [7, 11) is 0. The molecule has 1 unspecified atom stereocenters. The van der Waals surface area contributed by atoms with Crippen LogP contribution in [0.25, 0.3) is 0 Å². The van der Waals surface area contributed by atoms with Gasteiger partial charge in [0.1, 0.15) is 0 Å². The summed E-state index contributed by atoms with van der Waals surface area (Å²) in [6, 6.07) is 0. The molecule has 0 aromatic rings. The number of rotatable bonds is 5. The van der Waals surface area contributed by atoms with Gasteiger partial charge in [-0.05, 0) is 27.7 Å². The Labute approximate surface area is 95.0 Å². The number of aliphatic hydroxyl groups is 1. The van der Waals surface area contributed by atoms with Crippen LogP contribution in [0.4, 0.5) is 0 Å². The van der Waals surface area contributed by atoms with E-state index in [4.69, 9.17) is 4.74 Å². The molecule has 0 saturated carbocycles. The number of esters is 2. The predicted octanol–water partition coefficient (Wildman–Crippen LogP) is 0.810. The first-order chi connectivity index (χ1) is 7.41. The number of carbonyl (C=O) groups excluding carboxylic acids is 2. The molecule has 5 nitrogen and oxygen atoms in total. The largest absolute Gasteiger partial charge is 0.464 e. The van der Waals surface area contributed by atoms with Gasteiger partial charge in [0.2, 0.25) is 0 Å². The van der Waals surface area contributed by atoms with E-state index in [1.807, 2.05) is 0 Å². The molecule has 0 amide bonds. The maximum atomic E-state index is 11.5. The number of hydrogen-bond acceptors (Lipinski definition) is 5. The summed E-state index contributed by atoms with van der Waals surface area (Å²) in [4.78, 5) is 22.9. The minimum absolute atomic E-state index is 0.118. The molecule has 0 saturated heterocycles. The second kappa shape index (κ2) is 6.27. The average molecular weight is 230 g/mol. The van der Waals surface area contributed by atoms with Crippen molar-refractivity contribution in [1.82, 2.24) is 0 Å². The number of hydrogen-bond donors (Lipinski definition) is 1. The minimum Gasteiger partial charge on any atom is -0.464 e. The van der Waals surface area contributed by atoms with E-state index < -0.39 is 17.5 Å². The van der Waals surface area contributed by atoms with Crippen molar-refractivity contribution in [2.45, 2.75) is 33.3 Å². The SMILES string of the molecule is C/C=C(\C(=O)OCC)C(C)(O)C(=O)OCC. The normalized spacial score (nSPS) is 15.2. The molecule has 0 aliphatic heterocycles. The Morgan fingerprint density at radius 3 is 2.12 bits per heavy atom. The Bertz CT molecular complexity index is 291. The van der Waals surface area contributed by atoms with Gasteiger partial charge in [0.15, 0.2) is 5.60 Å². The van der Waals surface area contributed by atoms with Crippen molar-refractivity contribution < 1.29 is 24.2 Å². The van der Waals surface area contributed by atoms with Crippen LogP contribution >= 0.6 is 0 Å². The van der Waals surface area contributed by atoms with Crippen molar-refractivity contribution in [3.63, 3.8) is 0 Å². The van der Waals surface area contributed by atoms with Gasteiger partial charge in [-0.15, -0.1) is 0 Å². The molecule has 1 atom stereocenters. The predicted molar refractivity (Wildman–Crippen MR) is 57.6 cm³/mol. The van der Waals surface area contributed by atoms with Crippen LogP contribution in [-0.4, -0.2) is 35.9 Å². The van der Waals surface area contributed by atoms with E-state index >= 15 is 0 Å². The molecule has 0 aliphatic carbocycles. The van der Waals surface area contributed by atoms with Gasteiger partial charge in [-0.3, -0.25) is 0 Å². The van der Waals surface area contributed by atoms with E-state index in [9.17, 15) is 14.7 Å². The molecular formula is C11H18O5. The van der Waals surface area contributed by atoms with Crippen LogP contribution in [0.1, 0.15) is 27.7 Å². The van der Waals surface area contributed by atoms with Gasteiger partial charge in [0.25, 0.3) is 0 Å². The molecule has 0 rings (SSSR count). The van der Waals surface area contributed by atoms with Gasteiger partial charge in [0.05, 0.1) is 18.8 Å². The third-order valence-corrected chi connectivity index (χ3v) is 1.98. The lowest BCUT2D eigenvalue weighted by atomic mass is 9.95. The van der Waals surface area contributed by atoms with Crippen LogP contribution in [0, 0.1) is 0 Å². The van der Waals surface area contributed by atoms with E-state index in [2.05, 4.69) is 4.74 Å². The molecule has 0 aliphatic rings. The Morgan fingerprint density at radius 1 is 1.25 bits per heavy atom. The standard InChI is InChI=1S/C11H18O5/c1-5-8(9(12)15-6-2)11(4,14)10(13)16-7-3/h5,14H,6-7H2,1-4H3/b8-5+. The maximum absolute atomic E-state index is 11.5. The molecule has 92 valence electrons. The zero-order chi connectivity index (χ0) is 12.8. The molecule has 5 heteroatoms. The highest BCUT2D eigenvalue weighted by Crippen LogP contribution is 2.19. The molecule has 0 radical (unpaired) electrons. The molecule has 0 spiro atoms. The average Bonchev–Trinajstić information content (AvgIpc) is 2.19.